The van der Waals surface area contributed by atoms with Crippen LogP contribution in [0.3, 0.4) is 0 Å². The van der Waals surface area contributed by atoms with Gasteiger partial charge in [0.05, 0.1) is 16.2 Å². The smallest absolute Gasteiger partial charge is 0.257 e. The zero-order valence-corrected chi connectivity index (χ0v) is 23.0. The standard InChI is InChI=1S/C30H33N3O4S/c1-22-27(30(34)31-23-15-17-25(18-16-23)38(4,35)36)21-33(20-10-19-32(2)3)29(22)26-13-8-9-14-28(26)37-24-11-6-5-7-12-24/h5-9,11-18,21H,10,19-20H2,1-4H3,(H,31,34). The molecule has 38 heavy (non-hydrogen) atoms. The Kier molecular flexibility index (Phi) is 8.34. The Bertz CT molecular complexity index is 1510. The zero-order chi connectivity index (χ0) is 27.3. The van der Waals surface area contributed by atoms with Gasteiger partial charge in [-0.3, -0.25) is 4.79 Å². The molecule has 0 aliphatic carbocycles. The number of nitrogens with zero attached hydrogens (tertiary/aromatic N) is 2. The third-order valence-corrected chi connectivity index (χ3v) is 7.36. The highest BCUT2D eigenvalue weighted by Crippen LogP contribution is 2.37. The van der Waals surface area contributed by atoms with E-state index in [1.807, 2.05) is 81.8 Å². The van der Waals surface area contributed by atoms with Crippen molar-refractivity contribution in [2.24, 2.45) is 0 Å². The lowest BCUT2D eigenvalue weighted by Crippen LogP contribution is -2.15. The number of para-hydroxylation sites is 2. The number of ether oxygens (including phenoxy) is 1. The lowest BCUT2D eigenvalue weighted by Gasteiger charge is -2.16. The monoisotopic (exact) mass is 531 g/mol. The van der Waals surface area contributed by atoms with Crippen molar-refractivity contribution < 1.29 is 17.9 Å². The normalized spacial score (nSPS) is 11.5. The molecule has 7 nitrogen and oxygen atoms in total. The van der Waals surface area contributed by atoms with Crippen LogP contribution in [0.1, 0.15) is 22.3 Å². The van der Waals surface area contributed by atoms with Crippen LogP contribution in [0.15, 0.2) is 90.0 Å². The van der Waals surface area contributed by atoms with Crippen molar-refractivity contribution in [2.45, 2.75) is 24.8 Å². The summed E-state index contributed by atoms with van der Waals surface area (Å²) in [5.74, 6) is 1.18. The van der Waals surface area contributed by atoms with Crippen molar-refractivity contribution in [3.63, 3.8) is 0 Å². The summed E-state index contributed by atoms with van der Waals surface area (Å²) in [6.45, 7) is 3.58. The number of aryl methyl sites for hydroxylation is 1. The maximum absolute atomic E-state index is 13.4. The predicted molar refractivity (Wildman–Crippen MR) is 152 cm³/mol. The Morgan fingerprint density at radius 1 is 0.947 bits per heavy atom. The van der Waals surface area contributed by atoms with Gasteiger partial charge in [0.15, 0.2) is 9.84 Å². The molecular formula is C30H33N3O4S. The van der Waals surface area contributed by atoms with E-state index in [0.717, 1.165) is 48.3 Å². The van der Waals surface area contributed by atoms with E-state index in [1.165, 1.54) is 12.1 Å². The van der Waals surface area contributed by atoms with Gasteiger partial charge in [0.2, 0.25) is 0 Å². The quantitative estimate of drug-likeness (QED) is 0.277. The molecule has 1 N–H and O–H groups in total. The van der Waals surface area contributed by atoms with Crippen LogP contribution in [0, 0.1) is 6.92 Å². The van der Waals surface area contributed by atoms with Crippen molar-refractivity contribution >= 4 is 21.4 Å². The molecule has 0 radical (unpaired) electrons. The number of carbonyl (C=O) groups excluding carboxylic acids is 1. The van der Waals surface area contributed by atoms with Crippen molar-refractivity contribution in [1.29, 1.82) is 0 Å². The van der Waals surface area contributed by atoms with Gasteiger partial charge in [-0.2, -0.15) is 0 Å². The van der Waals surface area contributed by atoms with E-state index < -0.39 is 9.84 Å². The Morgan fingerprint density at radius 2 is 1.61 bits per heavy atom. The number of rotatable bonds is 10. The number of aromatic nitrogens is 1. The number of carbonyl (C=O) groups is 1. The van der Waals surface area contributed by atoms with Crippen LogP contribution < -0.4 is 10.1 Å². The first kappa shape index (κ1) is 27.2. The summed E-state index contributed by atoms with van der Waals surface area (Å²) in [4.78, 5) is 15.7. The lowest BCUT2D eigenvalue weighted by molar-refractivity contribution is 0.102. The number of hydrogen-bond donors (Lipinski definition) is 1. The fourth-order valence-electron chi connectivity index (χ4n) is 4.33. The minimum Gasteiger partial charge on any atom is -0.457 e. The first-order valence-electron chi connectivity index (χ1n) is 12.4. The molecule has 0 aliphatic heterocycles. The van der Waals surface area contributed by atoms with E-state index >= 15 is 0 Å². The van der Waals surface area contributed by atoms with Gasteiger partial charge in [-0.15, -0.1) is 0 Å². The first-order chi connectivity index (χ1) is 18.1. The van der Waals surface area contributed by atoms with Crippen LogP contribution in [0.4, 0.5) is 5.69 Å². The summed E-state index contributed by atoms with van der Waals surface area (Å²) in [5, 5.41) is 2.91. The summed E-state index contributed by atoms with van der Waals surface area (Å²) in [7, 11) is 0.768. The molecular weight excluding hydrogens is 498 g/mol. The van der Waals surface area contributed by atoms with Gasteiger partial charge in [-0.05, 0) is 88.1 Å². The maximum atomic E-state index is 13.4. The second-order valence-electron chi connectivity index (χ2n) is 9.53. The minimum absolute atomic E-state index is 0.205. The molecule has 0 atom stereocenters. The molecule has 0 saturated carbocycles. The second kappa shape index (κ2) is 11.7. The highest BCUT2D eigenvalue weighted by Gasteiger charge is 2.22. The maximum Gasteiger partial charge on any atom is 0.257 e. The Hall–Kier alpha value is -3.88. The number of nitrogens with one attached hydrogen (secondary N) is 1. The zero-order valence-electron chi connectivity index (χ0n) is 22.1. The van der Waals surface area contributed by atoms with E-state index in [2.05, 4.69) is 14.8 Å². The number of anilines is 1. The molecule has 8 heteroatoms. The molecule has 0 fully saturated rings. The van der Waals surface area contributed by atoms with Crippen LogP contribution in [0.25, 0.3) is 11.3 Å². The topological polar surface area (TPSA) is 80.6 Å². The molecule has 0 saturated heterocycles. The van der Waals surface area contributed by atoms with Crippen molar-refractivity contribution in [3.05, 3.63) is 96.2 Å². The molecule has 4 aromatic rings. The highest BCUT2D eigenvalue weighted by molar-refractivity contribution is 7.90. The van der Waals surface area contributed by atoms with Crippen LogP contribution in [-0.4, -0.2) is 50.7 Å². The van der Waals surface area contributed by atoms with Crippen LogP contribution in [-0.2, 0) is 16.4 Å². The van der Waals surface area contributed by atoms with E-state index in [1.54, 1.807) is 12.1 Å². The van der Waals surface area contributed by atoms with Crippen molar-refractivity contribution in [2.75, 3.05) is 32.2 Å². The number of benzene rings is 3. The van der Waals surface area contributed by atoms with Gasteiger partial charge < -0.3 is 19.5 Å². The van der Waals surface area contributed by atoms with Gasteiger partial charge in [0.25, 0.3) is 5.91 Å². The average Bonchev–Trinajstić information content (AvgIpc) is 3.20. The van der Waals surface area contributed by atoms with Gasteiger partial charge in [0, 0.05) is 30.2 Å². The number of amides is 1. The van der Waals surface area contributed by atoms with Crippen LogP contribution in [0.5, 0.6) is 11.5 Å². The molecule has 198 valence electrons. The molecule has 0 spiro atoms. The summed E-state index contributed by atoms with van der Waals surface area (Å²) in [6, 6.07) is 23.6. The fourth-order valence-corrected chi connectivity index (χ4v) is 4.96. The summed E-state index contributed by atoms with van der Waals surface area (Å²) >= 11 is 0. The van der Waals surface area contributed by atoms with Gasteiger partial charge in [-0.25, -0.2) is 8.42 Å². The van der Waals surface area contributed by atoms with Gasteiger partial charge >= 0.3 is 0 Å². The van der Waals surface area contributed by atoms with E-state index in [4.69, 9.17) is 4.74 Å². The molecule has 0 aliphatic rings. The van der Waals surface area contributed by atoms with Crippen LogP contribution in [0.2, 0.25) is 0 Å². The van der Waals surface area contributed by atoms with Gasteiger partial charge in [-0.1, -0.05) is 30.3 Å². The second-order valence-corrected chi connectivity index (χ2v) is 11.5. The largest absolute Gasteiger partial charge is 0.457 e. The van der Waals surface area contributed by atoms with Crippen molar-refractivity contribution in [3.8, 4) is 22.8 Å². The Labute approximate surface area is 224 Å². The first-order valence-corrected chi connectivity index (χ1v) is 14.3. The minimum atomic E-state index is -3.31. The van der Waals surface area contributed by atoms with Crippen molar-refractivity contribution in [1.82, 2.24) is 9.47 Å². The summed E-state index contributed by atoms with van der Waals surface area (Å²) in [6.07, 6.45) is 3.95. The molecule has 1 amide bonds. The Morgan fingerprint density at radius 3 is 2.26 bits per heavy atom. The fraction of sp³-hybridized carbons (Fsp3) is 0.233. The SMILES string of the molecule is Cc1c(C(=O)Nc2ccc(S(C)(=O)=O)cc2)cn(CCCN(C)C)c1-c1ccccc1Oc1ccccc1. The van der Waals surface area contributed by atoms with Gasteiger partial charge in [0.1, 0.15) is 11.5 Å². The number of sulfone groups is 1. The average molecular weight is 532 g/mol. The summed E-state index contributed by atoms with van der Waals surface area (Å²) in [5.41, 5.74) is 3.73. The Balaban J connectivity index is 1.70. The molecule has 4 rings (SSSR count). The molecule has 1 aromatic heterocycles. The van der Waals surface area contributed by atoms with E-state index in [-0.39, 0.29) is 10.8 Å². The molecule has 3 aromatic carbocycles. The molecule has 1 heterocycles. The predicted octanol–water partition coefficient (Wildman–Crippen LogP) is 5.86. The highest BCUT2D eigenvalue weighted by atomic mass is 32.2. The third-order valence-electron chi connectivity index (χ3n) is 6.23. The van der Waals surface area contributed by atoms with E-state index in [0.29, 0.717) is 17.0 Å². The van der Waals surface area contributed by atoms with E-state index in [9.17, 15) is 13.2 Å². The summed E-state index contributed by atoms with van der Waals surface area (Å²) < 4.78 is 31.9. The van der Waals surface area contributed by atoms with Crippen LogP contribution >= 0.6 is 0 Å². The number of hydrogen-bond acceptors (Lipinski definition) is 5. The third kappa shape index (κ3) is 6.51. The lowest BCUT2D eigenvalue weighted by atomic mass is 10.0. The molecule has 0 unspecified atom stereocenters. The molecule has 0 bridgehead atoms.